The number of hydrogen-bond acceptors (Lipinski definition) is 1. The van der Waals surface area contributed by atoms with Crippen LogP contribution in [0.25, 0.3) is 6.08 Å². The highest BCUT2D eigenvalue weighted by Crippen LogP contribution is 2.08. The average Bonchev–Trinajstić information content (AvgIpc) is 2.15. The van der Waals surface area contributed by atoms with Crippen LogP contribution in [0.4, 0.5) is 0 Å². The normalized spacial score (nSPS) is 10.8. The first-order valence-electron chi connectivity index (χ1n) is 3.88. The van der Waals surface area contributed by atoms with E-state index in [-0.39, 0.29) is 0 Å². The van der Waals surface area contributed by atoms with Gasteiger partial charge in [0.25, 0.3) is 0 Å². The van der Waals surface area contributed by atoms with Gasteiger partial charge in [0, 0.05) is 11.9 Å². The summed E-state index contributed by atoms with van der Waals surface area (Å²) in [6, 6.07) is 8.38. The molecule has 1 aromatic carbocycles. The topological polar surface area (TPSA) is 26.0 Å². The first-order valence-corrected chi connectivity index (χ1v) is 5.00. The third-order valence-electron chi connectivity index (χ3n) is 1.58. The molecule has 0 amide bonds. The summed E-state index contributed by atoms with van der Waals surface area (Å²) in [5.41, 5.74) is 7.83. The van der Waals surface area contributed by atoms with Gasteiger partial charge in [0.2, 0.25) is 0 Å². The van der Waals surface area contributed by atoms with Crippen LogP contribution in [0.15, 0.2) is 30.3 Å². The van der Waals surface area contributed by atoms with Crippen LogP contribution in [-0.4, -0.2) is 6.54 Å². The summed E-state index contributed by atoms with van der Waals surface area (Å²) in [7, 11) is 0. The van der Waals surface area contributed by atoms with Crippen molar-refractivity contribution in [2.24, 2.45) is 5.73 Å². The fourth-order valence-corrected chi connectivity index (χ4v) is 1.30. The van der Waals surface area contributed by atoms with E-state index in [4.69, 9.17) is 5.73 Å². The van der Waals surface area contributed by atoms with E-state index in [1.54, 1.807) is 0 Å². The van der Waals surface area contributed by atoms with E-state index in [0.717, 1.165) is 5.33 Å². The monoisotopic (exact) mass is 225 g/mol. The van der Waals surface area contributed by atoms with Crippen LogP contribution < -0.4 is 5.73 Å². The number of alkyl halides is 1. The van der Waals surface area contributed by atoms with E-state index in [0.29, 0.717) is 6.54 Å². The van der Waals surface area contributed by atoms with Crippen molar-refractivity contribution in [2.75, 3.05) is 6.54 Å². The maximum absolute atomic E-state index is 5.34. The molecule has 0 saturated heterocycles. The molecule has 0 aliphatic heterocycles. The molecule has 0 spiro atoms. The molecule has 0 atom stereocenters. The van der Waals surface area contributed by atoms with E-state index >= 15 is 0 Å². The lowest BCUT2D eigenvalue weighted by atomic mass is 10.1. The zero-order valence-corrected chi connectivity index (χ0v) is 8.42. The molecule has 12 heavy (non-hydrogen) atoms. The first kappa shape index (κ1) is 9.49. The molecular formula is C10H12BrN. The van der Waals surface area contributed by atoms with Crippen LogP contribution in [0.1, 0.15) is 11.1 Å². The summed E-state index contributed by atoms with van der Waals surface area (Å²) in [5.74, 6) is 0. The summed E-state index contributed by atoms with van der Waals surface area (Å²) in [5, 5.41) is 0.911. The highest BCUT2D eigenvalue weighted by molar-refractivity contribution is 9.08. The number of rotatable bonds is 3. The molecule has 2 heteroatoms. The van der Waals surface area contributed by atoms with Gasteiger partial charge in [0.1, 0.15) is 0 Å². The lowest BCUT2D eigenvalue weighted by Crippen LogP contribution is -1.91. The van der Waals surface area contributed by atoms with E-state index < -0.39 is 0 Å². The van der Waals surface area contributed by atoms with Crippen molar-refractivity contribution < 1.29 is 0 Å². The Morgan fingerprint density at radius 3 is 2.42 bits per heavy atom. The quantitative estimate of drug-likeness (QED) is 0.787. The van der Waals surface area contributed by atoms with Crippen LogP contribution >= 0.6 is 15.9 Å². The molecule has 0 radical (unpaired) electrons. The molecular weight excluding hydrogens is 214 g/mol. The summed E-state index contributed by atoms with van der Waals surface area (Å²) < 4.78 is 0. The van der Waals surface area contributed by atoms with Gasteiger partial charge in [-0.1, -0.05) is 52.3 Å². The second-order valence-corrected chi connectivity index (χ2v) is 3.07. The Labute approximate surface area is 81.4 Å². The molecule has 0 aliphatic rings. The second-order valence-electron chi connectivity index (χ2n) is 2.51. The van der Waals surface area contributed by atoms with Gasteiger partial charge < -0.3 is 5.73 Å². The van der Waals surface area contributed by atoms with Gasteiger partial charge in [0.05, 0.1) is 0 Å². The van der Waals surface area contributed by atoms with E-state index in [9.17, 15) is 0 Å². The molecule has 0 fully saturated rings. The SMILES string of the molecule is NCC=Cc1ccc(CBr)cc1. The summed E-state index contributed by atoms with van der Waals surface area (Å²) in [6.07, 6.45) is 3.97. The van der Waals surface area contributed by atoms with Crippen molar-refractivity contribution in [2.45, 2.75) is 5.33 Å². The number of nitrogens with two attached hydrogens (primary N) is 1. The van der Waals surface area contributed by atoms with Gasteiger partial charge in [-0.3, -0.25) is 0 Å². The van der Waals surface area contributed by atoms with Gasteiger partial charge in [0.15, 0.2) is 0 Å². The Balaban J connectivity index is 2.71. The Morgan fingerprint density at radius 1 is 1.25 bits per heavy atom. The third kappa shape index (κ3) is 2.80. The lowest BCUT2D eigenvalue weighted by molar-refractivity contribution is 1.26. The highest BCUT2D eigenvalue weighted by atomic mass is 79.9. The largest absolute Gasteiger partial charge is 0.327 e. The minimum Gasteiger partial charge on any atom is -0.327 e. The average molecular weight is 226 g/mol. The molecule has 0 bridgehead atoms. The van der Waals surface area contributed by atoms with Crippen molar-refractivity contribution in [3.8, 4) is 0 Å². The predicted octanol–water partition coefficient (Wildman–Crippen LogP) is 2.55. The molecule has 0 heterocycles. The zero-order valence-electron chi connectivity index (χ0n) is 6.83. The van der Waals surface area contributed by atoms with Gasteiger partial charge in [-0.25, -0.2) is 0 Å². The minimum absolute atomic E-state index is 0.597. The Hall–Kier alpha value is -0.600. The maximum atomic E-state index is 5.34. The van der Waals surface area contributed by atoms with Crippen LogP contribution in [0.2, 0.25) is 0 Å². The highest BCUT2D eigenvalue weighted by Gasteiger charge is 1.88. The zero-order chi connectivity index (χ0) is 8.81. The lowest BCUT2D eigenvalue weighted by Gasteiger charge is -1.95. The molecule has 0 aliphatic carbocycles. The number of benzene rings is 1. The molecule has 1 rings (SSSR count). The summed E-state index contributed by atoms with van der Waals surface area (Å²) >= 11 is 3.40. The summed E-state index contributed by atoms with van der Waals surface area (Å²) in [6.45, 7) is 0.597. The number of hydrogen-bond donors (Lipinski definition) is 1. The van der Waals surface area contributed by atoms with Gasteiger partial charge >= 0.3 is 0 Å². The van der Waals surface area contributed by atoms with E-state index in [1.807, 2.05) is 12.2 Å². The van der Waals surface area contributed by atoms with Crippen molar-refractivity contribution >= 4 is 22.0 Å². The van der Waals surface area contributed by atoms with Gasteiger partial charge in [-0.15, -0.1) is 0 Å². The maximum Gasteiger partial charge on any atom is 0.0283 e. The van der Waals surface area contributed by atoms with Crippen LogP contribution in [-0.2, 0) is 5.33 Å². The standard InChI is InChI=1S/C10H12BrN/c11-8-10-5-3-9(4-6-10)2-1-7-12/h1-6H,7-8,12H2. The fourth-order valence-electron chi connectivity index (χ4n) is 0.922. The smallest absolute Gasteiger partial charge is 0.0283 e. The Bertz CT molecular complexity index is 251. The fraction of sp³-hybridized carbons (Fsp3) is 0.200. The Kier molecular flexibility index (Phi) is 4.05. The van der Waals surface area contributed by atoms with Gasteiger partial charge in [-0.2, -0.15) is 0 Å². The van der Waals surface area contributed by atoms with E-state index in [1.165, 1.54) is 11.1 Å². The van der Waals surface area contributed by atoms with Crippen molar-refractivity contribution in [1.29, 1.82) is 0 Å². The Morgan fingerprint density at radius 2 is 1.92 bits per heavy atom. The molecule has 0 saturated carbocycles. The molecule has 2 N–H and O–H groups in total. The molecule has 0 aromatic heterocycles. The van der Waals surface area contributed by atoms with Gasteiger partial charge in [-0.05, 0) is 11.1 Å². The van der Waals surface area contributed by atoms with Crippen molar-refractivity contribution in [1.82, 2.24) is 0 Å². The molecule has 64 valence electrons. The van der Waals surface area contributed by atoms with Crippen molar-refractivity contribution in [3.05, 3.63) is 41.5 Å². The van der Waals surface area contributed by atoms with E-state index in [2.05, 4.69) is 40.2 Å². The number of halogens is 1. The van der Waals surface area contributed by atoms with Crippen LogP contribution in [0, 0.1) is 0 Å². The van der Waals surface area contributed by atoms with Crippen LogP contribution in [0.3, 0.4) is 0 Å². The first-order chi connectivity index (χ1) is 5.86. The van der Waals surface area contributed by atoms with Crippen molar-refractivity contribution in [3.63, 3.8) is 0 Å². The summed E-state index contributed by atoms with van der Waals surface area (Å²) in [4.78, 5) is 0. The molecule has 0 unspecified atom stereocenters. The second kappa shape index (κ2) is 5.12. The molecule has 1 aromatic rings. The third-order valence-corrected chi connectivity index (χ3v) is 2.23. The molecule has 1 nitrogen and oxygen atoms in total. The van der Waals surface area contributed by atoms with Crippen LogP contribution in [0.5, 0.6) is 0 Å². The minimum atomic E-state index is 0.597. The predicted molar refractivity (Wildman–Crippen MR) is 57.2 cm³/mol.